The van der Waals surface area contributed by atoms with Crippen molar-refractivity contribution in [1.82, 2.24) is 4.57 Å². The Bertz CT molecular complexity index is 1090. The number of rotatable bonds is 6. The third kappa shape index (κ3) is 3.38. The van der Waals surface area contributed by atoms with E-state index in [2.05, 4.69) is 5.32 Å². The average molecular weight is 382 g/mol. The van der Waals surface area contributed by atoms with E-state index in [9.17, 15) is 9.59 Å². The maximum absolute atomic E-state index is 13.1. The zero-order valence-corrected chi connectivity index (χ0v) is 16.2. The predicted octanol–water partition coefficient (Wildman–Crippen LogP) is 3.30. The SMILES string of the molecule is CCn1cc(C(=O)Nc2ccccc2OC)c2cc(OC)c(OC)cc2c1=O. The zero-order valence-electron chi connectivity index (χ0n) is 16.2. The summed E-state index contributed by atoms with van der Waals surface area (Å²) in [7, 11) is 4.54. The predicted molar refractivity (Wildman–Crippen MR) is 108 cm³/mol. The monoisotopic (exact) mass is 382 g/mol. The molecular weight excluding hydrogens is 360 g/mol. The number of hydrogen-bond donors (Lipinski definition) is 1. The van der Waals surface area contributed by atoms with Gasteiger partial charge in [0.25, 0.3) is 11.5 Å². The van der Waals surface area contributed by atoms with Crippen molar-refractivity contribution < 1.29 is 19.0 Å². The Morgan fingerprint density at radius 2 is 1.57 bits per heavy atom. The van der Waals surface area contributed by atoms with Gasteiger partial charge in [0.15, 0.2) is 11.5 Å². The molecule has 0 unspecified atom stereocenters. The Labute approximate surface area is 162 Å². The summed E-state index contributed by atoms with van der Waals surface area (Å²) in [4.78, 5) is 25.9. The van der Waals surface area contributed by atoms with Gasteiger partial charge in [-0.05, 0) is 31.2 Å². The number of ether oxygens (including phenoxy) is 3. The van der Waals surface area contributed by atoms with Crippen LogP contribution in [0.3, 0.4) is 0 Å². The van der Waals surface area contributed by atoms with Crippen LogP contribution in [0.1, 0.15) is 17.3 Å². The number of aromatic nitrogens is 1. The molecule has 0 atom stereocenters. The van der Waals surface area contributed by atoms with Gasteiger partial charge in [-0.1, -0.05) is 12.1 Å². The molecule has 0 fully saturated rings. The Balaban J connectivity index is 2.20. The van der Waals surface area contributed by atoms with E-state index in [1.54, 1.807) is 36.5 Å². The van der Waals surface area contributed by atoms with Crippen LogP contribution in [0.4, 0.5) is 5.69 Å². The number of aryl methyl sites for hydroxylation is 1. The van der Waals surface area contributed by atoms with Crippen LogP contribution in [0.15, 0.2) is 47.4 Å². The van der Waals surface area contributed by atoms with Crippen LogP contribution in [0.25, 0.3) is 10.8 Å². The summed E-state index contributed by atoms with van der Waals surface area (Å²) in [5.74, 6) is 1.05. The maximum Gasteiger partial charge on any atom is 0.258 e. The Morgan fingerprint density at radius 3 is 2.18 bits per heavy atom. The second-order valence-corrected chi connectivity index (χ2v) is 6.04. The molecule has 0 saturated heterocycles. The molecule has 0 bridgehead atoms. The van der Waals surface area contributed by atoms with Crippen molar-refractivity contribution in [2.75, 3.05) is 26.6 Å². The molecule has 2 aromatic carbocycles. The summed E-state index contributed by atoms with van der Waals surface area (Å²) in [6.45, 7) is 2.27. The normalized spacial score (nSPS) is 10.6. The van der Waals surface area contributed by atoms with E-state index in [0.29, 0.717) is 45.8 Å². The first-order valence-corrected chi connectivity index (χ1v) is 8.77. The summed E-state index contributed by atoms with van der Waals surface area (Å²) in [6.07, 6.45) is 1.56. The molecule has 1 aromatic heterocycles. The van der Waals surface area contributed by atoms with Crippen LogP contribution in [-0.2, 0) is 6.54 Å². The second-order valence-electron chi connectivity index (χ2n) is 6.04. The van der Waals surface area contributed by atoms with Gasteiger partial charge < -0.3 is 24.1 Å². The van der Waals surface area contributed by atoms with Crippen molar-refractivity contribution in [3.8, 4) is 17.2 Å². The number of fused-ring (bicyclic) bond motifs is 1. The van der Waals surface area contributed by atoms with Gasteiger partial charge in [0.2, 0.25) is 0 Å². The first-order valence-electron chi connectivity index (χ1n) is 8.77. The lowest BCUT2D eigenvalue weighted by atomic mass is 10.1. The van der Waals surface area contributed by atoms with Crippen LogP contribution < -0.4 is 25.1 Å². The molecule has 0 saturated carbocycles. The molecule has 0 aliphatic carbocycles. The summed E-state index contributed by atoms with van der Waals surface area (Å²) in [5, 5.41) is 3.72. The van der Waals surface area contributed by atoms with E-state index < -0.39 is 0 Å². The molecule has 7 nitrogen and oxygen atoms in total. The van der Waals surface area contributed by atoms with E-state index in [1.165, 1.54) is 25.9 Å². The first kappa shape index (κ1) is 19.3. The highest BCUT2D eigenvalue weighted by molar-refractivity contribution is 6.13. The first-order chi connectivity index (χ1) is 13.5. The number of nitrogens with zero attached hydrogens (tertiary/aromatic N) is 1. The third-order valence-corrected chi connectivity index (χ3v) is 4.53. The molecule has 1 heterocycles. The molecule has 146 valence electrons. The molecule has 1 N–H and O–H groups in total. The minimum Gasteiger partial charge on any atom is -0.495 e. The standard InChI is InChI=1S/C21H22N2O5/c1-5-23-12-15(20(24)22-16-8-6-7-9-17(16)26-2)13-10-18(27-3)19(28-4)11-14(13)21(23)25/h6-12H,5H2,1-4H3,(H,22,24). The van der Waals surface area contributed by atoms with E-state index in [0.717, 1.165) is 0 Å². The van der Waals surface area contributed by atoms with E-state index in [4.69, 9.17) is 14.2 Å². The fourth-order valence-corrected chi connectivity index (χ4v) is 3.07. The molecular formula is C21H22N2O5. The second kappa shape index (κ2) is 8.04. The number of carbonyl (C=O) groups excluding carboxylic acids is 1. The quantitative estimate of drug-likeness (QED) is 0.708. The minimum atomic E-state index is -0.357. The van der Waals surface area contributed by atoms with Crippen molar-refractivity contribution in [3.63, 3.8) is 0 Å². The van der Waals surface area contributed by atoms with Gasteiger partial charge >= 0.3 is 0 Å². The van der Waals surface area contributed by atoms with Crippen LogP contribution in [-0.4, -0.2) is 31.8 Å². The highest BCUT2D eigenvalue weighted by atomic mass is 16.5. The van der Waals surface area contributed by atoms with Crippen LogP contribution >= 0.6 is 0 Å². The summed E-state index contributed by atoms with van der Waals surface area (Å²) in [5.41, 5.74) is 0.688. The number of amides is 1. The van der Waals surface area contributed by atoms with Crippen LogP contribution in [0.2, 0.25) is 0 Å². The minimum absolute atomic E-state index is 0.202. The third-order valence-electron chi connectivity index (χ3n) is 4.53. The molecule has 3 rings (SSSR count). The molecule has 0 spiro atoms. The van der Waals surface area contributed by atoms with Gasteiger partial charge in [-0.25, -0.2) is 0 Å². The van der Waals surface area contributed by atoms with E-state index in [1.807, 2.05) is 13.0 Å². The van der Waals surface area contributed by atoms with Crippen LogP contribution in [0.5, 0.6) is 17.2 Å². The Morgan fingerprint density at radius 1 is 0.964 bits per heavy atom. The summed E-state index contributed by atoms with van der Waals surface area (Å²) < 4.78 is 17.4. The Kier molecular flexibility index (Phi) is 5.54. The van der Waals surface area contributed by atoms with Crippen molar-refractivity contribution in [2.24, 2.45) is 0 Å². The Hall–Kier alpha value is -3.48. The van der Waals surface area contributed by atoms with Crippen molar-refractivity contribution in [1.29, 1.82) is 0 Å². The summed E-state index contributed by atoms with van der Waals surface area (Å²) >= 11 is 0. The zero-order chi connectivity index (χ0) is 20.3. The molecule has 0 aliphatic heterocycles. The topological polar surface area (TPSA) is 78.8 Å². The molecule has 3 aromatic rings. The number of carbonyl (C=O) groups is 1. The smallest absolute Gasteiger partial charge is 0.258 e. The van der Waals surface area contributed by atoms with Gasteiger partial charge in [-0.15, -0.1) is 0 Å². The molecule has 7 heteroatoms. The molecule has 28 heavy (non-hydrogen) atoms. The summed E-state index contributed by atoms with van der Waals surface area (Å²) in [6, 6.07) is 10.4. The van der Waals surface area contributed by atoms with Crippen molar-refractivity contribution in [2.45, 2.75) is 13.5 Å². The number of para-hydroxylation sites is 2. The van der Waals surface area contributed by atoms with Crippen molar-refractivity contribution >= 4 is 22.4 Å². The van der Waals surface area contributed by atoms with Gasteiger partial charge in [0.1, 0.15) is 5.75 Å². The van der Waals surface area contributed by atoms with Gasteiger partial charge in [-0.3, -0.25) is 9.59 Å². The maximum atomic E-state index is 13.1. The number of anilines is 1. The molecule has 0 radical (unpaired) electrons. The number of hydrogen-bond acceptors (Lipinski definition) is 5. The lowest BCUT2D eigenvalue weighted by Gasteiger charge is -2.15. The van der Waals surface area contributed by atoms with E-state index >= 15 is 0 Å². The van der Waals surface area contributed by atoms with Gasteiger partial charge in [-0.2, -0.15) is 0 Å². The van der Waals surface area contributed by atoms with Crippen LogP contribution in [0, 0.1) is 0 Å². The molecule has 1 amide bonds. The van der Waals surface area contributed by atoms with E-state index in [-0.39, 0.29) is 11.5 Å². The number of nitrogens with one attached hydrogen (secondary N) is 1. The lowest BCUT2D eigenvalue weighted by Crippen LogP contribution is -2.23. The fraction of sp³-hybridized carbons (Fsp3) is 0.238. The highest BCUT2D eigenvalue weighted by Gasteiger charge is 2.19. The largest absolute Gasteiger partial charge is 0.495 e. The molecule has 0 aliphatic rings. The number of benzene rings is 2. The lowest BCUT2D eigenvalue weighted by molar-refractivity contribution is 0.102. The van der Waals surface area contributed by atoms with Gasteiger partial charge in [0.05, 0.1) is 38.0 Å². The van der Waals surface area contributed by atoms with Gasteiger partial charge in [0, 0.05) is 18.1 Å². The highest BCUT2D eigenvalue weighted by Crippen LogP contribution is 2.33. The average Bonchev–Trinajstić information content (AvgIpc) is 2.73. The van der Waals surface area contributed by atoms with Crippen molar-refractivity contribution in [3.05, 3.63) is 58.5 Å². The number of methoxy groups -OCH3 is 3. The number of pyridine rings is 1. The fourth-order valence-electron chi connectivity index (χ4n) is 3.07.